The molecule has 4 aromatic heterocycles. The quantitative estimate of drug-likeness (QED) is 0.173. The standard InChI is InChI=1S/C59H35N5O/c1-2-14-36(15-3-1)37-26-28-39(29-27-37)57-60-58(62-59(61-57)64-50-24-12-8-20-43(50)44-21-9-13-25-51(44)64)47-32-33-52(56-54(47)46-31-30-38-16-6-7-19-42(38)55(46)65-56)63-49-23-11-10-22-45(49)48-34-40-17-4-5-18-41(40)35-53(48)63/h1-35H. The number of rotatable bonds is 5. The number of fused-ring (bicyclic) bond motifs is 12. The summed E-state index contributed by atoms with van der Waals surface area (Å²) in [7, 11) is 0. The average molecular weight is 830 g/mol. The second-order valence-corrected chi connectivity index (χ2v) is 16.8. The Bertz CT molecular complexity index is 4180. The van der Waals surface area contributed by atoms with Crippen molar-refractivity contribution in [2.75, 3.05) is 0 Å². The van der Waals surface area contributed by atoms with Crippen LogP contribution in [0.5, 0.6) is 0 Å². The fraction of sp³-hybridized carbons (Fsp3) is 0. The maximum Gasteiger partial charge on any atom is 0.238 e. The van der Waals surface area contributed by atoms with Crippen molar-refractivity contribution in [3.05, 3.63) is 212 Å². The van der Waals surface area contributed by atoms with Crippen molar-refractivity contribution in [1.29, 1.82) is 0 Å². The molecule has 4 heterocycles. The number of hydrogen-bond acceptors (Lipinski definition) is 4. The molecule has 14 rings (SSSR count). The maximum absolute atomic E-state index is 7.26. The minimum atomic E-state index is 0.541. The Morgan fingerprint density at radius 1 is 0.323 bits per heavy atom. The van der Waals surface area contributed by atoms with Gasteiger partial charge in [-0.1, -0.05) is 164 Å². The molecule has 10 aromatic carbocycles. The summed E-state index contributed by atoms with van der Waals surface area (Å²) in [6.07, 6.45) is 0. The topological polar surface area (TPSA) is 61.7 Å². The lowest BCUT2D eigenvalue weighted by Gasteiger charge is -2.13. The Kier molecular flexibility index (Phi) is 7.59. The van der Waals surface area contributed by atoms with E-state index in [0.29, 0.717) is 17.6 Å². The van der Waals surface area contributed by atoms with E-state index in [9.17, 15) is 0 Å². The number of aromatic nitrogens is 5. The van der Waals surface area contributed by atoms with Gasteiger partial charge >= 0.3 is 0 Å². The van der Waals surface area contributed by atoms with Crippen molar-refractivity contribution < 1.29 is 4.42 Å². The van der Waals surface area contributed by atoms with Gasteiger partial charge in [0.2, 0.25) is 5.95 Å². The van der Waals surface area contributed by atoms with Gasteiger partial charge in [-0.25, -0.2) is 4.98 Å². The highest BCUT2D eigenvalue weighted by Gasteiger charge is 2.25. The van der Waals surface area contributed by atoms with Crippen LogP contribution in [0.1, 0.15) is 0 Å². The Morgan fingerprint density at radius 2 is 0.877 bits per heavy atom. The van der Waals surface area contributed by atoms with E-state index < -0.39 is 0 Å². The van der Waals surface area contributed by atoms with Crippen molar-refractivity contribution in [3.8, 4) is 45.5 Å². The first-order valence-corrected chi connectivity index (χ1v) is 21.9. The molecule has 0 saturated carbocycles. The lowest BCUT2D eigenvalue weighted by molar-refractivity contribution is 0.670. The molecule has 302 valence electrons. The molecule has 0 unspecified atom stereocenters. The molecule has 0 N–H and O–H groups in total. The predicted octanol–water partition coefficient (Wildman–Crippen LogP) is 15.3. The van der Waals surface area contributed by atoms with Gasteiger partial charge in [0, 0.05) is 48.8 Å². The second-order valence-electron chi connectivity index (χ2n) is 16.8. The van der Waals surface area contributed by atoms with E-state index in [0.717, 1.165) is 93.5 Å². The van der Waals surface area contributed by atoms with E-state index in [4.69, 9.17) is 19.4 Å². The maximum atomic E-state index is 7.26. The first-order valence-electron chi connectivity index (χ1n) is 21.9. The first-order chi connectivity index (χ1) is 32.2. The summed E-state index contributed by atoms with van der Waals surface area (Å²) in [5.41, 5.74) is 10.8. The lowest BCUT2D eigenvalue weighted by Crippen LogP contribution is -2.06. The molecule has 0 radical (unpaired) electrons. The summed E-state index contributed by atoms with van der Waals surface area (Å²) in [5.74, 6) is 1.68. The lowest BCUT2D eigenvalue weighted by atomic mass is 10.0. The van der Waals surface area contributed by atoms with Crippen molar-refractivity contribution >= 4 is 87.1 Å². The Labute approximate surface area is 371 Å². The van der Waals surface area contributed by atoms with Crippen molar-refractivity contribution in [2.24, 2.45) is 0 Å². The molecule has 0 saturated heterocycles. The molecule has 0 fully saturated rings. The highest BCUT2D eigenvalue weighted by molar-refractivity contribution is 6.21. The first kappa shape index (κ1) is 35.7. The summed E-state index contributed by atoms with van der Waals surface area (Å²) >= 11 is 0. The van der Waals surface area contributed by atoms with Crippen LogP contribution in [0.2, 0.25) is 0 Å². The van der Waals surface area contributed by atoms with Crippen LogP contribution in [-0.4, -0.2) is 24.1 Å². The zero-order chi connectivity index (χ0) is 42.6. The molecule has 0 atom stereocenters. The van der Waals surface area contributed by atoms with Crippen molar-refractivity contribution in [2.45, 2.75) is 0 Å². The summed E-state index contributed by atoms with van der Waals surface area (Å²) in [4.78, 5) is 16.2. The molecule has 14 aromatic rings. The fourth-order valence-corrected chi connectivity index (χ4v) is 10.2. The van der Waals surface area contributed by atoms with Crippen LogP contribution in [-0.2, 0) is 0 Å². The average Bonchev–Trinajstić information content (AvgIpc) is 4.04. The Balaban J connectivity index is 1.08. The monoisotopic (exact) mass is 829 g/mol. The fourth-order valence-electron chi connectivity index (χ4n) is 10.2. The number of para-hydroxylation sites is 3. The van der Waals surface area contributed by atoms with Gasteiger partial charge in [0.05, 0.1) is 27.8 Å². The molecular weight excluding hydrogens is 795 g/mol. The zero-order valence-corrected chi connectivity index (χ0v) is 34.9. The third-order valence-electron chi connectivity index (χ3n) is 13.2. The van der Waals surface area contributed by atoms with E-state index in [1.54, 1.807) is 0 Å². The molecule has 6 nitrogen and oxygen atoms in total. The van der Waals surface area contributed by atoms with E-state index in [1.165, 1.54) is 21.5 Å². The van der Waals surface area contributed by atoms with Crippen LogP contribution in [0, 0.1) is 0 Å². The van der Waals surface area contributed by atoms with Gasteiger partial charge in [0.1, 0.15) is 5.58 Å². The number of furan rings is 1. The molecule has 0 bridgehead atoms. The summed E-state index contributed by atoms with van der Waals surface area (Å²) in [6, 6.07) is 74.9. The summed E-state index contributed by atoms with van der Waals surface area (Å²) in [6.45, 7) is 0. The highest BCUT2D eigenvalue weighted by Crippen LogP contribution is 2.45. The van der Waals surface area contributed by atoms with Gasteiger partial charge in [0.15, 0.2) is 17.2 Å². The molecule has 0 aliphatic carbocycles. The van der Waals surface area contributed by atoms with Crippen molar-refractivity contribution in [3.63, 3.8) is 0 Å². The van der Waals surface area contributed by atoms with E-state index in [1.807, 2.05) is 6.07 Å². The van der Waals surface area contributed by atoms with Crippen LogP contribution in [0.4, 0.5) is 0 Å². The zero-order valence-electron chi connectivity index (χ0n) is 34.9. The van der Waals surface area contributed by atoms with Crippen LogP contribution >= 0.6 is 0 Å². The SMILES string of the molecule is c1ccc(-c2ccc(-c3nc(-c4ccc(-n5c6ccccc6c6cc7ccccc7cc65)c5oc6c7ccccc7ccc6c45)nc(-n4c5ccccc5c5ccccc54)n3)cc2)cc1. The Morgan fingerprint density at radius 3 is 1.60 bits per heavy atom. The third-order valence-corrected chi connectivity index (χ3v) is 13.2. The number of benzene rings is 10. The summed E-state index contributed by atoms with van der Waals surface area (Å²) < 4.78 is 11.8. The highest BCUT2D eigenvalue weighted by atomic mass is 16.3. The predicted molar refractivity (Wildman–Crippen MR) is 267 cm³/mol. The summed E-state index contributed by atoms with van der Waals surface area (Å²) in [5, 5.41) is 11.1. The van der Waals surface area contributed by atoms with Gasteiger partial charge in [-0.2, -0.15) is 9.97 Å². The second kappa shape index (κ2) is 13.8. The van der Waals surface area contributed by atoms with Gasteiger partial charge < -0.3 is 8.98 Å². The molecular formula is C59H35N5O. The van der Waals surface area contributed by atoms with Crippen molar-refractivity contribution in [1.82, 2.24) is 24.1 Å². The third kappa shape index (κ3) is 5.38. The van der Waals surface area contributed by atoms with Crippen LogP contribution < -0.4 is 0 Å². The molecule has 0 aliphatic rings. The smallest absolute Gasteiger partial charge is 0.238 e. The van der Waals surface area contributed by atoms with Crippen LogP contribution in [0.3, 0.4) is 0 Å². The minimum absolute atomic E-state index is 0.541. The molecule has 65 heavy (non-hydrogen) atoms. The largest absolute Gasteiger partial charge is 0.453 e. The van der Waals surface area contributed by atoms with E-state index in [2.05, 4.69) is 215 Å². The number of nitrogens with zero attached hydrogens (tertiary/aromatic N) is 5. The van der Waals surface area contributed by atoms with E-state index in [-0.39, 0.29) is 0 Å². The minimum Gasteiger partial charge on any atom is -0.453 e. The molecule has 0 spiro atoms. The van der Waals surface area contributed by atoms with Gasteiger partial charge in [-0.05, 0) is 75.8 Å². The number of hydrogen-bond donors (Lipinski definition) is 0. The van der Waals surface area contributed by atoms with Gasteiger partial charge in [0.25, 0.3) is 0 Å². The van der Waals surface area contributed by atoms with Gasteiger partial charge in [-0.3, -0.25) is 4.57 Å². The van der Waals surface area contributed by atoms with E-state index >= 15 is 0 Å². The normalized spacial score (nSPS) is 12.0. The van der Waals surface area contributed by atoms with Crippen LogP contribution in [0.15, 0.2) is 217 Å². The van der Waals surface area contributed by atoms with Gasteiger partial charge in [-0.15, -0.1) is 0 Å². The molecule has 0 aliphatic heterocycles. The van der Waals surface area contributed by atoms with Crippen LogP contribution in [0.25, 0.3) is 133 Å². The molecule has 6 heteroatoms. The Hall–Kier alpha value is -8.87. The molecule has 0 amide bonds.